The van der Waals surface area contributed by atoms with Crippen LogP contribution in [0.5, 0.6) is 0 Å². The molecule has 0 aromatic heterocycles. The van der Waals surface area contributed by atoms with E-state index in [-0.39, 0.29) is 11.9 Å². The molecule has 4 heteroatoms. The van der Waals surface area contributed by atoms with E-state index in [1.165, 1.54) is 0 Å². The molecule has 1 heterocycles. The number of amides is 1. The molecular weight excluding hydrogens is 254 g/mol. The van der Waals surface area contributed by atoms with Crippen molar-refractivity contribution < 1.29 is 14.7 Å². The summed E-state index contributed by atoms with van der Waals surface area (Å²) in [6, 6.07) is 7.56. The van der Waals surface area contributed by atoms with Gasteiger partial charge >= 0.3 is 5.97 Å². The van der Waals surface area contributed by atoms with Gasteiger partial charge in [-0.3, -0.25) is 9.59 Å². The number of aliphatic carboxylic acids is 1. The van der Waals surface area contributed by atoms with Crippen LogP contribution < -0.4 is 4.90 Å². The lowest BCUT2D eigenvalue weighted by Crippen LogP contribution is -2.33. The molecule has 1 aliphatic carbocycles. The van der Waals surface area contributed by atoms with E-state index >= 15 is 0 Å². The minimum Gasteiger partial charge on any atom is -0.481 e. The third-order valence-electron chi connectivity index (χ3n) is 4.31. The Hall–Kier alpha value is -2.10. The summed E-state index contributed by atoms with van der Waals surface area (Å²) in [6.07, 6.45) is 5.75. The Bertz CT molecular complexity index is 576. The van der Waals surface area contributed by atoms with Crippen LogP contribution in [0.15, 0.2) is 36.4 Å². The molecule has 20 heavy (non-hydrogen) atoms. The van der Waals surface area contributed by atoms with Crippen LogP contribution in [0.3, 0.4) is 0 Å². The molecule has 0 saturated carbocycles. The Balaban J connectivity index is 1.84. The number of carboxylic acids is 1. The van der Waals surface area contributed by atoms with Gasteiger partial charge in [-0.2, -0.15) is 0 Å². The van der Waals surface area contributed by atoms with Crippen molar-refractivity contribution >= 4 is 17.6 Å². The molecule has 1 aromatic rings. The second-order valence-corrected chi connectivity index (χ2v) is 5.51. The van der Waals surface area contributed by atoms with Crippen molar-refractivity contribution in [3.8, 4) is 0 Å². The summed E-state index contributed by atoms with van der Waals surface area (Å²) in [7, 11) is 0. The summed E-state index contributed by atoms with van der Waals surface area (Å²) in [5.74, 6) is -0.877. The van der Waals surface area contributed by atoms with E-state index in [9.17, 15) is 9.59 Å². The van der Waals surface area contributed by atoms with Crippen LogP contribution in [-0.2, 0) is 9.59 Å². The topological polar surface area (TPSA) is 57.6 Å². The second-order valence-electron chi connectivity index (χ2n) is 5.51. The largest absolute Gasteiger partial charge is 0.481 e. The average molecular weight is 271 g/mol. The van der Waals surface area contributed by atoms with E-state index < -0.39 is 11.9 Å². The van der Waals surface area contributed by atoms with Gasteiger partial charge in [0.2, 0.25) is 5.91 Å². The number of hydrogen-bond donors (Lipinski definition) is 1. The van der Waals surface area contributed by atoms with Gasteiger partial charge in [-0.15, -0.1) is 0 Å². The number of carboxylic acid groups (broad SMARTS) is 1. The molecule has 3 unspecified atom stereocenters. The van der Waals surface area contributed by atoms with Crippen molar-refractivity contribution in [2.24, 2.45) is 5.92 Å². The van der Waals surface area contributed by atoms with Crippen molar-refractivity contribution in [3.63, 3.8) is 0 Å². The predicted octanol–water partition coefficient (Wildman–Crippen LogP) is 2.56. The van der Waals surface area contributed by atoms with Gasteiger partial charge in [0.15, 0.2) is 0 Å². The number of carbonyl (C=O) groups excluding carboxylic acids is 1. The minimum atomic E-state index is -0.838. The Morgan fingerprint density at radius 1 is 1.35 bits per heavy atom. The van der Waals surface area contributed by atoms with Crippen molar-refractivity contribution in [3.05, 3.63) is 42.0 Å². The minimum absolute atomic E-state index is 0.156. The molecule has 4 nitrogen and oxygen atoms in total. The average Bonchev–Trinajstić information content (AvgIpc) is 2.98. The Kier molecular flexibility index (Phi) is 3.08. The van der Waals surface area contributed by atoms with Crippen LogP contribution in [0.4, 0.5) is 5.69 Å². The fourth-order valence-electron chi connectivity index (χ4n) is 3.08. The number of rotatable bonds is 3. The quantitative estimate of drug-likeness (QED) is 0.859. The lowest BCUT2D eigenvalue weighted by atomic mass is 10.0. The van der Waals surface area contributed by atoms with E-state index in [1.54, 1.807) is 19.1 Å². The highest BCUT2D eigenvalue weighted by Crippen LogP contribution is 2.37. The highest BCUT2D eigenvalue weighted by atomic mass is 16.4. The third kappa shape index (κ3) is 2.01. The normalized spacial score (nSPS) is 25.9. The third-order valence-corrected chi connectivity index (χ3v) is 4.31. The summed E-state index contributed by atoms with van der Waals surface area (Å²) in [6.45, 7) is 1.66. The van der Waals surface area contributed by atoms with E-state index in [1.807, 2.05) is 17.0 Å². The van der Waals surface area contributed by atoms with Crippen LogP contribution in [0.2, 0.25) is 0 Å². The van der Waals surface area contributed by atoms with Crippen molar-refractivity contribution in [1.29, 1.82) is 0 Å². The van der Waals surface area contributed by atoms with Crippen LogP contribution in [0.1, 0.15) is 31.2 Å². The SMILES string of the molecule is CC(C(=O)O)c1ccc(N2C(=O)CC3C=CCC32)cc1. The first-order valence-electron chi connectivity index (χ1n) is 6.89. The molecule has 2 aliphatic rings. The van der Waals surface area contributed by atoms with Crippen LogP contribution in [0, 0.1) is 5.92 Å². The first-order chi connectivity index (χ1) is 9.58. The van der Waals surface area contributed by atoms with E-state index in [2.05, 4.69) is 12.2 Å². The second kappa shape index (κ2) is 4.78. The fourth-order valence-corrected chi connectivity index (χ4v) is 3.08. The molecule has 0 bridgehead atoms. The summed E-state index contributed by atoms with van der Waals surface area (Å²) in [4.78, 5) is 24.9. The zero-order valence-electron chi connectivity index (χ0n) is 11.3. The number of benzene rings is 1. The lowest BCUT2D eigenvalue weighted by Gasteiger charge is -2.24. The maximum absolute atomic E-state index is 12.1. The van der Waals surface area contributed by atoms with Gasteiger partial charge in [0.25, 0.3) is 0 Å². The van der Waals surface area contributed by atoms with Gasteiger partial charge in [-0.1, -0.05) is 24.3 Å². The smallest absolute Gasteiger partial charge is 0.310 e. The van der Waals surface area contributed by atoms with Crippen LogP contribution in [0.25, 0.3) is 0 Å². The maximum Gasteiger partial charge on any atom is 0.310 e. The van der Waals surface area contributed by atoms with Gasteiger partial charge in [0.1, 0.15) is 0 Å². The fraction of sp³-hybridized carbons (Fsp3) is 0.375. The molecule has 1 N–H and O–H groups in total. The number of anilines is 1. The molecule has 0 radical (unpaired) electrons. The van der Waals surface area contributed by atoms with Gasteiger partial charge in [-0.25, -0.2) is 0 Å². The Morgan fingerprint density at radius 3 is 2.70 bits per heavy atom. The van der Waals surface area contributed by atoms with Gasteiger partial charge in [0.05, 0.1) is 5.92 Å². The Morgan fingerprint density at radius 2 is 2.05 bits per heavy atom. The molecule has 0 spiro atoms. The van der Waals surface area contributed by atoms with Gasteiger partial charge in [0, 0.05) is 24.1 Å². The number of hydrogen-bond acceptors (Lipinski definition) is 2. The number of nitrogens with zero attached hydrogens (tertiary/aromatic N) is 1. The van der Waals surface area contributed by atoms with E-state index in [0.717, 1.165) is 17.7 Å². The summed E-state index contributed by atoms with van der Waals surface area (Å²) in [5, 5.41) is 9.01. The molecule has 1 amide bonds. The number of carbonyl (C=O) groups is 2. The molecule has 3 rings (SSSR count). The lowest BCUT2D eigenvalue weighted by molar-refractivity contribution is -0.138. The van der Waals surface area contributed by atoms with Crippen LogP contribution >= 0.6 is 0 Å². The van der Waals surface area contributed by atoms with Gasteiger partial charge in [-0.05, 0) is 31.0 Å². The van der Waals surface area contributed by atoms with Crippen molar-refractivity contribution in [2.45, 2.75) is 31.7 Å². The molecule has 104 valence electrons. The maximum atomic E-state index is 12.1. The highest BCUT2D eigenvalue weighted by molar-refractivity contribution is 5.97. The van der Waals surface area contributed by atoms with Gasteiger partial charge < -0.3 is 10.0 Å². The molecular formula is C16H17NO3. The molecule has 1 aromatic carbocycles. The first kappa shape index (κ1) is 12.9. The number of fused-ring (bicyclic) bond motifs is 1. The molecule has 1 saturated heterocycles. The molecule has 3 atom stereocenters. The van der Waals surface area contributed by atoms with Crippen LogP contribution in [-0.4, -0.2) is 23.0 Å². The molecule has 1 fully saturated rings. The predicted molar refractivity (Wildman–Crippen MR) is 75.6 cm³/mol. The summed E-state index contributed by atoms with van der Waals surface area (Å²) >= 11 is 0. The zero-order valence-corrected chi connectivity index (χ0v) is 11.3. The van der Waals surface area contributed by atoms with Crippen molar-refractivity contribution in [1.82, 2.24) is 0 Å². The monoisotopic (exact) mass is 271 g/mol. The molecule has 1 aliphatic heterocycles. The van der Waals surface area contributed by atoms with Crippen molar-refractivity contribution in [2.75, 3.05) is 4.90 Å². The van der Waals surface area contributed by atoms with E-state index in [0.29, 0.717) is 12.3 Å². The summed E-state index contributed by atoms with van der Waals surface area (Å²) in [5.41, 5.74) is 1.63. The first-order valence-corrected chi connectivity index (χ1v) is 6.89. The standard InChI is InChI=1S/C16H17NO3/c1-10(16(19)20)11-5-7-13(8-6-11)17-14-4-2-3-12(14)9-15(17)18/h2-3,5-8,10,12,14H,4,9H2,1H3,(H,19,20). The van der Waals surface area contributed by atoms with E-state index in [4.69, 9.17) is 5.11 Å². The summed E-state index contributed by atoms with van der Waals surface area (Å²) < 4.78 is 0. The Labute approximate surface area is 117 Å². The zero-order chi connectivity index (χ0) is 14.3. The highest BCUT2D eigenvalue weighted by Gasteiger charge is 2.40.